The molecule has 0 spiro atoms. The van der Waals surface area contributed by atoms with Crippen molar-refractivity contribution >= 4 is 27.5 Å². The largest absolute Gasteiger partial charge is 0.438 e. The second kappa shape index (κ2) is 7.12. The van der Waals surface area contributed by atoms with Crippen molar-refractivity contribution in [2.75, 3.05) is 26.2 Å². The Morgan fingerprint density at radius 3 is 2.56 bits per heavy atom. The number of nitrogens with zero attached hydrogens (tertiary/aromatic N) is 3. The molecule has 2 aromatic heterocycles. The summed E-state index contributed by atoms with van der Waals surface area (Å²) < 4.78 is 31.5. The SMILES string of the molecule is NC(=O)c1ccc(S(=O)(=O)N2CCN(Cc3ccncc3Cl)CC2)o1. The number of rotatable bonds is 5. The lowest BCUT2D eigenvalue weighted by Gasteiger charge is -2.33. The summed E-state index contributed by atoms with van der Waals surface area (Å²) in [7, 11) is -3.78. The standard InChI is InChI=1S/C15H17ClN4O4S/c16-12-9-18-4-3-11(12)10-19-5-7-20(8-6-19)25(22,23)14-2-1-13(24-14)15(17)21/h1-4,9H,5-8,10H2,(H2,17,21). The van der Waals surface area contributed by atoms with Gasteiger partial charge in [-0.2, -0.15) is 4.31 Å². The van der Waals surface area contributed by atoms with Gasteiger partial charge in [-0.25, -0.2) is 8.42 Å². The summed E-state index contributed by atoms with van der Waals surface area (Å²) in [6.07, 6.45) is 3.26. The molecule has 1 saturated heterocycles. The molecular weight excluding hydrogens is 368 g/mol. The number of piperazine rings is 1. The van der Waals surface area contributed by atoms with E-state index in [-0.39, 0.29) is 10.9 Å². The van der Waals surface area contributed by atoms with Gasteiger partial charge in [0.05, 0.1) is 5.02 Å². The summed E-state index contributed by atoms with van der Waals surface area (Å²) in [4.78, 5) is 17.1. The highest BCUT2D eigenvalue weighted by Gasteiger charge is 2.31. The summed E-state index contributed by atoms with van der Waals surface area (Å²) in [5.41, 5.74) is 6.04. The molecule has 10 heteroatoms. The van der Waals surface area contributed by atoms with Gasteiger partial charge in [-0.3, -0.25) is 14.7 Å². The molecule has 0 aromatic carbocycles. The summed E-state index contributed by atoms with van der Waals surface area (Å²) in [6.45, 7) is 2.37. The molecular formula is C15H17ClN4O4S. The van der Waals surface area contributed by atoms with Gasteiger partial charge >= 0.3 is 0 Å². The van der Waals surface area contributed by atoms with Crippen LogP contribution in [0.1, 0.15) is 16.1 Å². The van der Waals surface area contributed by atoms with Gasteiger partial charge in [0.15, 0.2) is 5.76 Å². The van der Waals surface area contributed by atoms with Gasteiger partial charge in [-0.05, 0) is 23.8 Å². The number of halogens is 1. The van der Waals surface area contributed by atoms with E-state index in [2.05, 4.69) is 9.88 Å². The van der Waals surface area contributed by atoms with Crippen molar-refractivity contribution in [3.05, 3.63) is 46.9 Å². The van der Waals surface area contributed by atoms with E-state index in [0.717, 1.165) is 5.56 Å². The lowest BCUT2D eigenvalue weighted by atomic mass is 10.2. The third-order valence-corrected chi connectivity index (χ3v) is 6.11. The Kier molecular flexibility index (Phi) is 5.09. The fraction of sp³-hybridized carbons (Fsp3) is 0.333. The monoisotopic (exact) mass is 384 g/mol. The fourth-order valence-electron chi connectivity index (χ4n) is 2.62. The van der Waals surface area contributed by atoms with Crippen molar-refractivity contribution in [1.29, 1.82) is 0 Å². The van der Waals surface area contributed by atoms with Gasteiger partial charge in [0.2, 0.25) is 5.09 Å². The molecule has 3 rings (SSSR count). The second-order valence-corrected chi connectivity index (χ2v) is 7.91. The average Bonchev–Trinajstić information content (AvgIpc) is 3.09. The van der Waals surface area contributed by atoms with Crippen LogP contribution >= 0.6 is 11.6 Å². The van der Waals surface area contributed by atoms with Crippen LogP contribution in [-0.4, -0.2) is 54.7 Å². The molecule has 0 bridgehead atoms. The molecule has 134 valence electrons. The summed E-state index contributed by atoms with van der Waals surface area (Å²) >= 11 is 6.11. The number of furan rings is 1. The average molecular weight is 385 g/mol. The molecule has 0 atom stereocenters. The van der Waals surface area contributed by atoms with E-state index in [1.165, 1.54) is 16.4 Å². The van der Waals surface area contributed by atoms with Crippen molar-refractivity contribution < 1.29 is 17.6 Å². The molecule has 1 fully saturated rings. The molecule has 1 amide bonds. The molecule has 2 aromatic rings. The number of hydrogen-bond acceptors (Lipinski definition) is 6. The lowest BCUT2D eigenvalue weighted by Crippen LogP contribution is -2.48. The van der Waals surface area contributed by atoms with Gasteiger partial charge in [0, 0.05) is 45.1 Å². The Hall–Kier alpha value is -1.94. The van der Waals surface area contributed by atoms with E-state index < -0.39 is 15.9 Å². The Bertz CT molecular complexity index is 875. The van der Waals surface area contributed by atoms with Gasteiger partial charge < -0.3 is 10.2 Å². The molecule has 2 N–H and O–H groups in total. The third kappa shape index (κ3) is 3.84. The van der Waals surface area contributed by atoms with E-state index in [9.17, 15) is 13.2 Å². The van der Waals surface area contributed by atoms with E-state index in [4.69, 9.17) is 21.8 Å². The molecule has 1 aliphatic heterocycles. The molecule has 25 heavy (non-hydrogen) atoms. The number of carbonyl (C=O) groups excluding carboxylic acids is 1. The molecule has 0 aliphatic carbocycles. The van der Waals surface area contributed by atoms with Crippen LogP contribution in [0, 0.1) is 0 Å². The highest BCUT2D eigenvalue weighted by molar-refractivity contribution is 7.89. The maximum atomic E-state index is 12.6. The Morgan fingerprint density at radius 1 is 1.24 bits per heavy atom. The Morgan fingerprint density at radius 2 is 1.96 bits per heavy atom. The first-order valence-electron chi connectivity index (χ1n) is 7.58. The summed E-state index contributed by atoms with van der Waals surface area (Å²) in [5.74, 6) is -0.981. The Labute approximate surface area is 150 Å². The molecule has 8 nitrogen and oxygen atoms in total. The van der Waals surface area contributed by atoms with Gasteiger partial charge in [-0.15, -0.1) is 0 Å². The van der Waals surface area contributed by atoms with Crippen LogP contribution < -0.4 is 5.73 Å². The fourth-order valence-corrected chi connectivity index (χ4v) is 4.13. The van der Waals surface area contributed by atoms with E-state index >= 15 is 0 Å². The number of primary amides is 1. The van der Waals surface area contributed by atoms with E-state index in [0.29, 0.717) is 37.7 Å². The van der Waals surface area contributed by atoms with E-state index in [1.807, 2.05) is 6.07 Å². The van der Waals surface area contributed by atoms with Crippen molar-refractivity contribution in [2.45, 2.75) is 11.6 Å². The van der Waals surface area contributed by atoms with Gasteiger partial charge in [0.1, 0.15) is 0 Å². The van der Waals surface area contributed by atoms with Crippen LogP contribution in [0.2, 0.25) is 5.02 Å². The highest BCUT2D eigenvalue weighted by atomic mass is 35.5. The molecule has 3 heterocycles. The normalized spacial score (nSPS) is 16.8. The minimum atomic E-state index is -3.78. The molecule has 1 aliphatic rings. The second-order valence-electron chi connectivity index (χ2n) is 5.63. The predicted molar refractivity (Wildman–Crippen MR) is 90.5 cm³/mol. The van der Waals surface area contributed by atoms with Crippen LogP contribution in [-0.2, 0) is 16.6 Å². The first kappa shape index (κ1) is 17.9. The topological polar surface area (TPSA) is 110 Å². The first-order valence-corrected chi connectivity index (χ1v) is 9.40. The minimum Gasteiger partial charge on any atom is -0.438 e. The van der Waals surface area contributed by atoms with Crippen molar-refractivity contribution in [3.63, 3.8) is 0 Å². The van der Waals surface area contributed by atoms with Crippen LogP contribution in [0.5, 0.6) is 0 Å². The smallest absolute Gasteiger partial charge is 0.284 e. The molecule has 0 radical (unpaired) electrons. The third-order valence-electron chi connectivity index (χ3n) is 4.00. The number of aromatic nitrogens is 1. The number of hydrogen-bond donors (Lipinski definition) is 1. The quantitative estimate of drug-likeness (QED) is 0.821. The number of pyridine rings is 1. The lowest BCUT2D eigenvalue weighted by molar-refractivity contribution is 0.0968. The predicted octanol–water partition coefficient (Wildman–Crippen LogP) is 0.933. The first-order chi connectivity index (χ1) is 11.9. The zero-order chi connectivity index (χ0) is 18.0. The minimum absolute atomic E-state index is 0.176. The molecule has 0 unspecified atom stereocenters. The Balaban J connectivity index is 1.65. The zero-order valence-corrected chi connectivity index (χ0v) is 14.8. The maximum Gasteiger partial charge on any atom is 0.284 e. The van der Waals surface area contributed by atoms with Crippen LogP contribution in [0.4, 0.5) is 0 Å². The van der Waals surface area contributed by atoms with Crippen LogP contribution in [0.3, 0.4) is 0 Å². The number of sulfonamides is 1. The summed E-state index contributed by atoms with van der Waals surface area (Å²) in [5, 5.41) is 0.319. The number of amides is 1. The van der Waals surface area contributed by atoms with E-state index in [1.54, 1.807) is 12.4 Å². The van der Waals surface area contributed by atoms with Crippen LogP contribution in [0.15, 0.2) is 40.1 Å². The van der Waals surface area contributed by atoms with Crippen LogP contribution in [0.25, 0.3) is 0 Å². The van der Waals surface area contributed by atoms with Crippen molar-refractivity contribution in [2.24, 2.45) is 5.73 Å². The number of nitrogens with two attached hydrogens (primary N) is 1. The molecule has 0 saturated carbocycles. The van der Waals surface area contributed by atoms with Gasteiger partial charge in [0.25, 0.3) is 15.9 Å². The highest BCUT2D eigenvalue weighted by Crippen LogP contribution is 2.22. The summed E-state index contributed by atoms with van der Waals surface area (Å²) in [6, 6.07) is 4.36. The number of carbonyl (C=O) groups is 1. The maximum absolute atomic E-state index is 12.6. The van der Waals surface area contributed by atoms with Crippen molar-refractivity contribution in [3.8, 4) is 0 Å². The van der Waals surface area contributed by atoms with Gasteiger partial charge in [-0.1, -0.05) is 11.6 Å². The zero-order valence-electron chi connectivity index (χ0n) is 13.3. The van der Waals surface area contributed by atoms with Crippen molar-refractivity contribution in [1.82, 2.24) is 14.2 Å².